The van der Waals surface area contributed by atoms with E-state index in [0.717, 1.165) is 37.4 Å². The van der Waals surface area contributed by atoms with Crippen LogP contribution in [0.5, 0.6) is 0 Å². The minimum Gasteiger partial charge on any atom is -0.458 e. The van der Waals surface area contributed by atoms with E-state index >= 15 is 0 Å². The van der Waals surface area contributed by atoms with Gasteiger partial charge in [0.15, 0.2) is 0 Å². The van der Waals surface area contributed by atoms with E-state index in [1.807, 2.05) is 18.6 Å². The first kappa shape index (κ1) is 30.8. The van der Waals surface area contributed by atoms with Crippen LogP contribution in [0.25, 0.3) is 0 Å². The number of ether oxygens (including phenoxy) is 1. The van der Waals surface area contributed by atoms with Crippen LogP contribution < -0.4 is 10.0 Å². The second kappa shape index (κ2) is 14.6. The summed E-state index contributed by atoms with van der Waals surface area (Å²) in [6.07, 6.45) is 4.68. The number of benzene rings is 2. The quantitative estimate of drug-likeness (QED) is 0.271. The summed E-state index contributed by atoms with van der Waals surface area (Å²) in [5.41, 5.74) is 1.30. The molecule has 0 spiro atoms. The predicted octanol–water partition coefficient (Wildman–Crippen LogP) is 4.95. The highest BCUT2D eigenvalue weighted by Gasteiger charge is 2.21. The van der Waals surface area contributed by atoms with Crippen molar-refractivity contribution in [1.82, 2.24) is 15.0 Å². The van der Waals surface area contributed by atoms with E-state index in [-0.39, 0.29) is 28.2 Å². The first-order valence-corrected chi connectivity index (χ1v) is 14.9. The number of halogens is 1. The maximum atomic E-state index is 12.7. The highest BCUT2D eigenvalue weighted by Crippen LogP contribution is 2.14. The number of pyridine rings is 1. The van der Waals surface area contributed by atoms with Gasteiger partial charge in [0, 0.05) is 23.3 Å². The number of hydrogen-bond donors (Lipinski definition) is 2. The molecular formula is C29H32ClN3O6S. The fourth-order valence-electron chi connectivity index (χ4n) is 3.87. The summed E-state index contributed by atoms with van der Waals surface area (Å²) in [5.74, 6) is -1.71. The van der Waals surface area contributed by atoms with Gasteiger partial charge in [0.05, 0.1) is 10.5 Å². The molecule has 2 aromatic carbocycles. The van der Waals surface area contributed by atoms with Crippen molar-refractivity contribution < 1.29 is 27.5 Å². The van der Waals surface area contributed by atoms with Gasteiger partial charge in [-0.3, -0.25) is 9.59 Å². The van der Waals surface area contributed by atoms with Crippen LogP contribution in [0.3, 0.4) is 0 Å². The Labute approximate surface area is 239 Å². The summed E-state index contributed by atoms with van der Waals surface area (Å²) in [5, 5.41) is 3.33. The molecule has 40 heavy (non-hydrogen) atoms. The van der Waals surface area contributed by atoms with E-state index in [1.165, 1.54) is 24.3 Å². The molecule has 0 saturated carbocycles. The van der Waals surface area contributed by atoms with E-state index in [2.05, 4.69) is 10.3 Å². The third kappa shape index (κ3) is 8.89. The zero-order valence-electron chi connectivity index (χ0n) is 22.4. The SMILES string of the molecule is CCCC(CCC)OC(=O)c1ccc(C(=O)NS(=O)(=O)c2ccc(CCNC(=O)c3ccc(Cl)cc3)cc2)cn1. The fraction of sp³-hybridized carbons (Fsp3) is 0.310. The monoisotopic (exact) mass is 585 g/mol. The lowest BCUT2D eigenvalue weighted by Gasteiger charge is -2.16. The molecule has 11 heteroatoms. The number of nitrogens with one attached hydrogen (secondary N) is 2. The van der Waals surface area contributed by atoms with Crippen LogP contribution in [0.1, 0.15) is 76.3 Å². The molecule has 0 aliphatic carbocycles. The number of esters is 1. The highest BCUT2D eigenvalue weighted by molar-refractivity contribution is 7.90. The maximum absolute atomic E-state index is 12.7. The third-order valence-corrected chi connectivity index (χ3v) is 7.60. The average molecular weight is 586 g/mol. The molecule has 3 rings (SSSR count). The Kier molecular flexibility index (Phi) is 11.2. The number of rotatable bonds is 13. The van der Waals surface area contributed by atoms with Crippen molar-refractivity contribution >= 4 is 39.4 Å². The Balaban J connectivity index is 1.54. The van der Waals surface area contributed by atoms with Gasteiger partial charge in [-0.15, -0.1) is 0 Å². The van der Waals surface area contributed by atoms with E-state index in [4.69, 9.17) is 16.3 Å². The van der Waals surface area contributed by atoms with Crippen molar-refractivity contribution in [2.75, 3.05) is 6.54 Å². The van der Waals surface area contributed by atoms with Crippen molar-refractivity contribution in [2.24, 2.45) is 0 Å². The Morgan fingerprint density at radius 2 is 1.50 bits per heavy atom. The summed E-state index contributed by atoms with van der Waals surface area (Å²) >= 11 is 5.83. The molecule has 0 saturated heterocycles. The lowest BCUT2D eigenvalue weighted by atomic mass is 10.1. The normalized spacial score (nSPS) is 11.2. The van der Waals surface area contributed by atoms with E-state index < -0.39 is 21.9 Å². The molecule has 0 fully saturated rings. The van der Waals surface area contributed by atoms with Crippen LogP contribution in [-0.4, -0.2) is 43.8 Å². The summed E-state index contributed by atoms with van der Waals surface area (Å²) < 4.78 is 33.0. The first-order valence-electron chi connectivity index (χ1n) is 13.0. The zero-order chi connectivity index (χ0) is 29.1. The molecule has 2 N–H and O–H groups in total. The van der Waals surface area contributed by atoms with Crippen LogP contribution >= 0.6 is 11.6 Å². The minimum absolute atomic E-state index is 0.0214. The molecule has 0 atom stereocenters. The molecule has 0 bridgehead atoms. The molecule has 3 aromatic rings. The Morgan fingerprint density at radius 3 is 2.08 bits per heavy atom. The minimum atomic E-state index is -4.15. The molecule has 0 unspecified atom stereocenters. The second-order valence-corrected chi connectivity index (χ2v) is 11.2. The van der Waals surface area contributed by atoms with Crippen LogP contribution in [0.4, 0.5) is 0 Å². The molecule has 0 aliphatic heterocycles. The molecule has 2 amide bonds. The van der Waals surface area contributed by atoms with E-state index in [1.54, 1.807) is 36.4 Å². The van der Waals surface area contributed by atoms with Crippen LogP contribution in [-0.2, 0) is 21.2 Å². The Bertz CT molecular complexity index is 1400. The van der Waals surface area contributed by atoms with Gasteiger partial charge >= 0.3 is 5.97 Å². The summed E-state index contributed by atoms with van der Waals surface area (Å²) in [6, 6.07) is 15.2. The molecular weight excluding hydrogens is 554 g/mol. The number of sulfonamides is 1. The number of aromatic nitrogens is 1. The fourth-order valence-corrected chi connectivity index (χ4v) is 4.97. The van der Waals surface area contributed by atoms with Crippen LogP contribution in [0.15, 0.2) is 71.8 Å². The molecule has 0 aliphatic rings. The standard InChI is InChI=1S/C29H32ClN3O6S/c1-3-5-24(6-4-2)39-29(36)26-16-11-22(19-32-26)28(35)33-40(37,38)25-14-7-20(8-15-25)17-18-31-27(34)21-9-12-23(30)13-10-21/h7-16,19,24H,3-6,17-18H2,1-2H3,(H,31,34)(H,33,35). The van der Waals surface area contributed by atoms with Crippen molar-refractivity contribution in [3.63, 3.8) is 0 Å². The number of nitrogens with zero attached hydrogens (tertiary/aromatic N) is 1. The number of carbonyl (C=O) groups is 3. The molecule has 9 nitrogen and oxygen atoms in total. The summed E-state index contributed by atoms with van der Waals surface area (Å²) in [4.78, 5) is 41.1. The van der Waals surface area contributed by atoms with Crippen molar-refractivity contribution in [1.29, 1.82) is 0 Å². The Morgan fingerprint density at radius 1 is 0.875 bits per heavy atom. The largest absolute Gasteiger partial charge is 0.458 e. The predicted molar refractivity (Wildman–Crippen MR) is 152 cm³/mol. The van der Waals surface area contributed by atoms with Crippen LogP contribution in [0, 0.1) is 0 Å². The lowest BCUT2D eigenvalue weighted by Crippen LogP contribution is -2.30. The van der Waals surface area contributed by atoms with Gasteiger partial charge in [-0.05, 0) is 73.4 Å². The topological polar surface area (TPSA) is 132 Å². The average Bonchev–Trinajstić information content (AvgIpc) is 2.93. The number of amides is 2. The second-order valence-electron chi connectivity index (χ2n) is 9.13. The molecule has 1 heterocycles. The van der Waals surface area contributed by atoms with Gasteiger partial charge in [0.1, 0.15) is 11.8 Å². The summed E-state index contributed by atoms with van der Waals surface area (Å²) in [6.45, 7) is 4.37. The van der Waals surface area contributed by atoms with E-state index in [9.17, 15) is 22.8 Å². The number of carbonyl (C=O) groups excluding carboxylic acids is 3. The maximum Gasteiger partial charge on any atom is 0.357 e. The van der Waals surface area contributed by atoms with Gasteiger partial charge in [-0.2, -0.15) is 0 Å². The van der Waals surface area contributed by atoms with E-state index in [0.29, 0.717) is 23.6 Å². The molecule has 1 aromatic heterocycles. The molecule has 0 radical (unpaired) electrons. The lowest BCUT2D eigenvalue weighted by molar-refractivity contribution is 0.0251. The van der Waals surface area contributed by atoms with Crippen molar-refractivity contribution in [2.45, 2.75) is 57.0 Å². The van der Waals surface area contributed by atoms with Crippen LogP contribution in [0.2, 0.25) is 5.02 Å². The first-order chi connectivity index (χ1) is 19.1. The third-order valence-electron chi connectivity index (χ3n) is 6.00. The van der Waals surface area contributed by atoms with Gasteiger partial charge < -0.3 is 10.1 Å². The van der Waals surface area contributed by atoms with Gasteiger partial charge in [0.2, 0.25) is 0 Å². The summed E-state index contributed by atoms with van der Waals surface area (Å²) in [7, 11) is -4.15. The molecule has 212 valence electrons. The van der Waals surface area contributed by atoms with Gasteiger partial charge in [-0.25, -0.2) is 22.9 Å². The number of hydrogen-bond acceptors (Lipinski definition) is 7. The van der Waals surface area contributed by atoms with Gasteiger partial charge in [0.25, 0.3) is 21.8 Å². The zero-order valence-corrected chi connectivity index (χ0v) is 23.9. The smallest absolute Gasteiger partial charge is 0.357 e. The van der Waals surface area contributed by atoms with Crippen molar-refractivity contribution in [3.8, 4) is 0 Å². The highest BCUT2D eigenvalue weighted by atomic mass is 35.5. The van der Waals surface area contributed by atoms with Crippen molar-refractivity contribution in [3.05, 3.63) is 94.3 Å². The Hall–Kier alpha value is -3.76. The van der Waals surface area contributed by atoms with Gasteiger partial charge in [-0.1, -0.05) is 50.4 Å².